The molecule has 1 heterocycles. The Morgan fingerprint density at radius 3 is 2.58 bits per heavy atom. The first-order chi connectivity index (χ1) is 9.00. The molecular weight excluding hydrogens is 248 g/mol. The van der Waals surface area contributed by atoms with Gasteiger partial charge in [-0.3, -0.25) is 4.79 Å². The molecule has 0 aliphatic rings. The van der Waals surface area contributed by atoms with Gasteiger partial charge in [0.1, 0.15) is 5.76 Å². The van der Waals surface area contributed by atoms with Gasteiger partial charge < -0.3 is 14.5 Å². The van der Waals surface area contributed by atoms with Gasteiger partial charge in [-0.05, 0) is 19.1 Å². The molecule has 0 atom stereocenters. The van der Waals surface area contributed by atoms with E-state index in [1.165, 1.54) is 24.1 Å². The van der Waals surface area contributed by atoms with E-state index in [9.17, 15) is 9.59 Å². The van der Waals surface area contributed by atoms with Crippen LogP contribution in [-0.2, 0) is 0 Å². The van der Waals surface area contributed by atoms with Crippen molar-refractivity contribution in [2.24, 2.45) is 0 Å². The molecule has 0 saturated carbocycles. The lowest BCUT2D eigenvalue weighted by Crippen LogP contribution is -2.28. The van der Waals surface area contributed by atoms with Crippen LogP contribution in [0.5, 0.6) is 0 Å². The third-order valence-corrected chi connectivity index (χ3v) is 2.65. The molecule has 0 saturated heterocycles. The Morgan fingerprint density at radius 1 is 1.32 bits per heavy atom. The molecule has 0 spiro atoms. The first-order valence-corrected chi connectivity index (χ1v) is 5.54. The number of rotatable bonds is 3. The summed E-state index contributed by atoms with van der Waals surface area (Å²) in [5, 5.41) is 12.7. The molecule has 0 unspecified atom stereocenters. The van der Waals surface area contributed by atoms with Crippen molar-refractivity contribution in [3.63, 3.8) is 0 Å². The normalized spacial score (nSPS) is 10.2. The maximum Gasteiger partial charge on any atom is 0.337 e. The minimum Gasteiger partial charge on any atom is -0.478 e. The summed E-state index contributed by atoms with van der Waals surface area (Å²) in [6.45, 7) is 1.68. The van der Waals surface area contributed by atoms with E-state index >= 15 is 0 Å². The molecule has 0 radical (unpaired) electrons. The second-order valence-corrected chi connectivity index (χ2v) is 4.01. The van der Waals surface area contributed by atoms with Gasteiger partial charge in [0.2, 0.25) is 0 Å². The predicted molar refractivity (Wildman–Crippen MR) is 67.4 cm³/mol. The highest BCUT2D eigenvalue weighted by molar-refractivity contribution is 6.08. The van der Waals surface area contributed by atoms with Crippen LogP contribution in [0.25, 0.3) is 0 Å². The van der Waals surface area contributed by atoms with Crippen molar-refractivity contribution in [1.29, 1.82) is 0 Å². The van der Waals surface area contributed by atoms with Crippen molar-refractivity contribution in [3.8, 4) is 0 Å². The Hall–Kier alpha value is -2.63. The highest BCUT2D eigenvalue weighted by atomic mass is 16.5. The number of carbonyl (C=O) groups excluding carboxylic acids is 1. The lowest BCUT2D eigenvalue weighted by molar-refractivity contribution is 0.0697. The minimum atomic E-state index is -1.09. The van der Waals surface area contributed by atoms with Crippen LogP contribution < -0.4 is 4.90 Å². The molecule has 1 aromatic heterocycles. The smallest absolute Gasteiger partial charge is 0.337 e. The SMILES string of the molecule is Cc1cc(C(=O)N(C)c2ccccc2C(=O)O)no1. The van der Waals surface area contributed by atoms with E-state index in [2.05, 4.69) is 5.16 Å². The monoisotopic (exact) mass is 260 g/mol. The summed E-state index contributed by atoms with van der Waals surface area (Å²) < 4.78 is 4.84. The van der Waals surface area contributed by atoms with E-state index < -0.39 is 11.9 Å². The second-order valence-electron chi connectivity index (χ2n) is 4.01. The summed E-state index contributed by atoms with van der Waals surface area (Å²) in [6.07, 6.45) is 0. The van der Waals surface area contributed by atoms with Crippen LogP contribution in [0.2, 0.25) is 0 Å². The fourth-order valence-electron chi connectivity index (χ4n) is 1.70. The molecule has 0 fully saturated rings. The number of carbonyl (C=O) groups is 2. The van der Waals surface area contributed by atoms with Crippen LogP contribution >= 0.6 is 0 Å². The lowest BCUT2D eigenvalue weighted by atomic mass is 10.1. The number of carboxylic acid groups (broad SMARTS) is 1. The Kier molecular flexibility index (Phi) is 3.33. The minimum absolute atomic E-state index is 0.0542. The van der Waals surface area contributed by atoms with Gasteiger partial charge in [-0.2, -0.15) is 0 Å². The molecule has 1 amide bonds. The summed E-state index contributed by atoms with van der Waals surface area (Å²) in [5.74, 6) is -1.000. The van der Waals surface area contributed by atoms with Gasteiger partial charge in [-0.25, -0.2) is 4.79 Å². The quantitative estimate of drug-likeness (QED) is 0.911. The zero-order valence-electron chi connectivity index (χ0n) is 10.5. The first kappa shape index (κ1) is 12.8. The van der Waals surface area contributed by atoms with E-state index in [4.69, 9.17) is 9.63 Å². The molecule has 2 rings (SSSR count). The number of nitrogens with zero attached hydrogens (tertiary/aromatic N) is 2. The highest BCUT2D eigenvalue weighted by Crippen LogP contribution is 2.21. The molecule has 0 bridgehead atoms. The summed E-state index contributed by atoms with van der Waals surface area (Å²) in [4.78, 5) is 24.5. The zero-order chi connectivity index (χ0) is 14.0. The zero-order valence-corrected chi connectivity index (χ0v) is 10.5. The molecule has 2 aromatic rings. The average molecular weight is 260 g/mol. The van der Waals surface area contributed by atoms with Crippen molar-refractivity contribution in [3.05, 3.63) is 47.3 Å². The number of carboxylic acids is 1. The molecule has 1 aromatic carbocycles. The predicted octanol–water partition coefficient (Wildman–Crippen LogP) is 1.96. The van der Waals surface area contributed by atoms with Crippen LogP contribution in [0.3, 0.4) is 0 Å². The van der Waals surface area contributed by atoms with Crippen molar-refractivity contribution >= 4 is 17.6 Å². The van der Waals surface area contributed by atoms with Crippen molar-refractivity contribution < 1.29 is 19.2 Å². The maximum atomic E-state index is 12.1. The van der Waals surface area contributed by atoms with Crippen LogP contribution in [0, 0.1) is 6.92 Å². The van der Waals surface area contributed by atoms with Crippen LogP contribution in [0.1, 0.15) is 26.6 Å². The third kappa shape index (κ3) is 2.47. The number of para-hydroxylation sites is 1. The maximum absolute atomic E-state index is 12.1. The Bertz CT molecular complexity index is 633. The summed E-state index contributed by atoms with van der Waals surface area (Å²) in [6, 6.07) is 7.77. The number of aromatic carboxylic acids is 1. The van der Waals surface area contributed by atoms with Crippen LogP contribution in [0.4, 0.5) is 5.69 Å². The van der Waals surface area contributed by atoms with Crippen molar-refractivity contribution in [2.75, 3.05) is 11.9 Å². The van der Waals surface area contributed by atoms with Gasteiger partial charge in [0.25, 0.3) is 5.91 Å². The lowest BCUT2D eigenvalue weighted by Gasteiger charge is -2.17. The number of amides is 1. The number of hydrogen-bond acceptors (Lipinski definition) is 4. The number of aryl methyl sites for hydroxylation is 1. The molecule has 6 heteroatoms. The van der Waals surface area contributed by atoms with Gasteiger partial charge in [0.15, 0.2) is 5.69 Å². The molecular formula is C13H12N2O4. The van der Waals surface area contributed by atoms with E-state index in [0.717, 1.165) is 0 Å². The van der Waals surface area contributed by atoms with E-state index in [1.807, 2.05) is 0 Å². The highest BCUT2D eigenvalue weighted by Gasteiger charge is 2.21. The molecule has 98 valence electrons. The number of hydrogen-bond donors (Lipinski definition) is 1. The largest absolute Gasteiger partial charge is 0.478 e. The fourth-order valence-corrected chi connectivity index (χ4v) is 1.70. The summed E-state index contributed by atoms with van der Waals surface area (Å²) in [5.41, 5.74) is 0.499. The Balaban J connectivity index is 2.37. The fraction of sp³-hybridized carbons (Fsp3) is 0.154. The Morgan fingerprint density at radius 2 is 2.00 bits per heavy atom. The van der Waals surface area contributed by atoms with E-state index in [-0.39, 0.29) is 11.3 Å². The number of anilines is 1. The number of benzene rings is 1. The molecule has 1 N–H and O–H groups in total. The number of aromatic nitrogens is 1. The van der Waals surface area contributed by atoms with Gasteiger partial charge in [0, 0.05) is 13.1 Å². The molecule has 0 aliphatic carbocycles. The topological polar surface area (TPSA) is 83.6 Å². The van der Waals surface area contributed by atoms with E-state index in [1.54, 1.807) is 25.1 Å². The van der Waals surface area contributed by atoms with Crippen molar-refractivity contribution in [2.45, 2.75) is 6.92 Å². The van der Waals surface area contributed by atoms with Gasteiger partial charge in [0.05, 0.1) is 11.3 Å². The molecule has 19 heavy (non-hydrogen) atoms. The third-order valence-electron chi connectivity index (χ3n) is 2.65. The van der Waals surface area contributed by atoms with Gasteiger partial charge in [-0.1, -0.05) is 17.3 Å². The van der Waals surface area contributed by atoms with E-state index in [0.29, 0.717) is 11.4 Å². The van der Waals surface area contributed by atoms with Gasteiger partial charge >= 0.3 is 5.97 Å². The Labute approximate surface area is 109 Å². The van der Waals surface area contributed by atoms with Crippen LogP contribution in [0.15, 0.2) is 34.9 Å². The summed E-state index contributed by atoms with van der Waals surface area (Å²) >= 11 is 0. The van der Waals surface area contributed by atoms with Crippen LogP contribution in [-0.4, -0.2) is 29.2 Å². The molecule has 0 aliphatic heterocycles. The second kappa shape index (κ2) is 4.93. The molecule has 6 nitrogen and oxygen atoms in total. The first-order valence-electron chi connectivity index (χ1n) is 5.54. The standard InChI is InChI=1S/C13H12N2O4/c1-8-7-10(14-19-8)12(16)15(2)11-6-4-3-5-9(11)13(17)18/h3-7H,1-2H3,(H,17,18). The summed E-state index contributed by atoms with van der Waals surface area (Å²) in [7, 11) is 1.49. The van der Waals surface area contributed by atoms with Crippen molar-refractivity contribution in [1.82, 2.24) is 5.16 Å². The average Bonchev–Trinajstić information content (AvgIpc) is 2.83. The van der Waals surface area contributed by atoms with Gasteiger partial charge in [-0.15, -0.1) is 0 Å².